The van der Waals surface area contributed by atoms with Crippen LogP contribution in [0.25, 0.3) is 10.9 Å². The van der Waals surface area contributed by atoms with Crippen LogP contribution in [0.1, 0.15) is 21.9 Å². The molecule has 2 aromatic heterocycles. The highest BCUT2D eigenvalue weighted by Crippen LogP contribution is 2.22. The van der Waals surface area contributed by atoms with E-state index in [1.165, 1.54) is 11.3 Å². The summed E-state index contributed by atoms with van der Waals surface area (Å²) < 4.78 is 1.90. The van der Waals surface area contributed by atoms with Gasteiger partial charge in [-0.1, -0.05) is 17.7 Å². The molecule has 0 aliphatic rings. The first-order chi connectivity index (χ1) is 10.6. The number of fused-ring (bicyclic) bond motifs is 1. The Kier molecular flexibility index (Phi) is 4.40. The second-order valence-corrected chi connectivity index (χ2v) is 6.37. The first kappa shape index (κ1) is 15.0. The van der Waals surface area contributed by atoms with Gasteiger partial charge in [-0.2, -0.15) is 5.10 Å². The molecule has 0 atom stereocenters. The van der Waals surface area contributed by atoms with Gasteiger partial charge in [0.15, 0.2) is 0 Å². The fraction of sp³-hybridized carbons (Fsp3) is 0.267. The molecule has 2 heterocycles. The third-order valence-electron chi connectivity index (χ3n) is 3.32. The quantitative estimate of drug-likeness (QED) is 0.728. The average molecular weight is 335 g/mol. The van der Waals surface area contributed by atoms with Crippen LogP contribution in [0.4, 0.5) is 0 Å². The maximum Gasteiger partial charge on any atom is 0.270 e. The highest BCUT2D eigenvalue weighted by atomic mass is 35.5. The van der Waals surface area contributed by atoms with Gasteiger partial charge in [-0.25, -0.2) is 4.98 Å². The number of halogens is 1. The van der Waals surface area contributed by atoms with E-state index in [4.69, 9.17) is 11.6 Å². The Labute approximate surface area is 136 Å². The molecule has 5 nitrogen and oxygen atoms in total. The van der Waals surface area contributed by atoms with E-state index in [2.05, 4.69) is 15.4 Å². The second-order valence-electron chi connectivity index (χ2n) is 4.90. The molecule has 114 valence electrons. The predicted octanol–water partition coefficient (Wildman–Crippen LogP) is 3.27. The highest BCUT2D eigenvalue weighted by molar-refractivity contribution is 7.09. The van der Waals surface area contributed by atoms with Gasteiger partial charge in [-0.05, 0) is 25.5 Å². The number of aryl methyl sites for hydroxylation is 2. The summed E-state index contributed by atoms with van der Waals surface area (Å²) in [6.45, 7) is 3.19. The average Bonchev–Trinajstić information content (AvgIpc) is 3.11. The van der Waals surface area contributed by atoms with Crippen molar-refractivity contribution < 1.29 is 4.79 Å². The molecular formula is C15H15ClN4OS. The van der Waals surface area contributed by atoms with Crippen molar-refractivity contribution in [2.75, 3.05) is 6.54 Å². The van der Waals surface area contributed by atoms with Gasteiger partial charge < -0.3 is 5.32 Å². The van der Waals surface area contributed by atoms with Gasteiger partial charge in [0.2, 0.25) is 0 Å². The van der Waals surface area contributed by atoms with Crippen LogP contribution in [0.2, 0.25) is 5.02 Å². The molecule has 0 unspecified atom stereocenters. The normalized spacial score (nSPS) is 11.0. The van der Waals surface area contributed by atoms with Gasteiger partial charge in [-0.3, -0.25) is 9.48 Å². The third kappa shape index (κ3) is 3.13. The van der Waals surface area contributed by atoms with Crippen LogP contribution < -0.4 is 5.32 Å². The van der Waals surface area contributed by atoms with Crippen molar-refractivity contribution in [3.05, 3.63) is 45.5 Å². The summed E-state index contributed by atoms with van der Waals surface area (Å²) in [4.78, 5) is 16.0. The topological polar surface area (TPSA) is 59.8 Å². The number of rotatable bonds is 5. The number of nitrogens with zero attached hydrogens (tertiary/aromatic N) is 3. The van der Waals surface area contributed by atoms with Crippen LogP contribution in [0.15, 0.2) is 29.8 Å². The van der Waals surface area contributed by atoms with E-state index in [0.29, 0.717) is 17.3 Å². The van der Waals surface area contributed by atoms with Gasteiger partial charge in [0.25, 0.3) is 5.91 Å². The van der Waals surface area contributed by atoms with E-state index in [0.717, 1.165) is 28.9 Å². The number of carbonyl (C=O) groups is 1. The van der Waals surface area contributed by atoms with E-state index >= 15 is 0 Å². The van der Waals surface area contributed by atoms with E-state index in [1.54, 1.807) is 11.6 Å². The molecule has 0 bridgehead atoms. The minimum atomic E-state index is -0.127. The molecule has 3 rings (SSSR count). The molecule has 1 amide bonds. The number of thiazole rings is 1. The number of hydrogen-bond donors (Lipinski definition) is 1. The predicted molar refractivity (Wildman–Crippen MR) is 88.5 cm³/mol. The van der Waals surface area contributed by atoms with Gasteiger partial charge in [0, 0.05) is 23.9 Å². The van der Waals surface area contributed by atoms with Crippen molar-refractivity contribution in [2.45, 2.75) is 19.9 Å². The molecule has 7 heteroatoms. The van der Waals surface area contributed by atoms with Crippen LogP contribution in [0, 0.1) is 6.92 Å². The summed E-state index contributed by atoms with van der Waals surface area (Å²) in [5.41, 5.74) is 1.49. The van der Waals surface area contributed by atoms with E-state index in [9.17, 15) is 4.79 Å². The van der Waals surface area contributed by atoms with Gasteiger partial charge in [0.05, 0.1) is 21.7 Å². The Morgan fingerprint density at radius 2 is 2.32 bits per heavy atom. The molecular weight excluding hydrogens is 320 g/mol. The minimum absolute atomic E-state index is 0.127. The number of hydrogen-bond acceptors (Lipinski definition) is 4. The largest absolute Gasteiger partial charge is 0.351 e. The van der Waals surface area contributed by atoms with Crippen molar-refractivity contribution in [3.63, 3.8) is 0 Å². The van der Waals surface area contributed by atoms with Gasteiger partial charge >= 0.3 is 0 Å². The number of nitrogens with one attached hydrogen (secondary N) is 1. The Balaban J connectivity index is 1.54. The number of aromatic nitrogens is 3. The minimum Gasteiger partial charge on any atom is -0.351 e. The first-order valence-electron chi connectivity index (χ1n) is 6.95. The van der Waals surface area contributed by atoms with Crippen molar-refractivity contribution in [3.8, 4) is 0 Å². The Hall–Kier alpha value is -1.92. The summed E-state index contributed by atoms with van der Waals surface area (Å²) in [5, 5.41) is 11.5. The van der Waals surface area contributed by atoms with Gasteiger partial charge in [-0.15, -0.1) is 11.3 Å². The number of carbonyl (C=O) groups excluding carboxylic acids is 1. The lowest BCUT2D eigenvalue weighted by Crippen LogP contribution is -2.25. The lowest BCUT2D eigenvalue weighted by Gasteiger charge is -2.05. The molecule has 0 aliphatic carbocycles. The standard InChI is InChI=1S/C15H15ClN4OS/c1-10-19-13(9-22-10)15(21)17-6-3-7-20-14-5-2-4-12(16)11(14)8-18-20/h2,4-5,8-9H,3,6-7H2,1H3,(H,17,21). The van der Waals surface area contributed by atoms with Crippen LogP contribution in [-0.2, 0) is 6.54 Å². The fourth-order valence-corrected chi connectivity index (χ4v) is 3.05. The number of amides is 1. The van der Waals surface area contributed by atoms with Crippen molar-refractivity contribution in [1.82, 2.24) is 20.1 Å². The molecule has 22 heavy (non-hydrogen) atoms. The van der Waals surface area contributed by atoms with Crippen molar-refractivity contribution in [2.24, 2.45) is 0 Å². The smallest absolute Gasteiger partial charge is 0.270 e. The van der Waals surface area contributed by atoms with Crippen molar-refractivity contribution >= 4 is 39.7 Å². The SMILES string of the molecule is Cc1nc(C(=O)NCCCn2ncc3c(Cl)cccc32)cs1. The van der Waals surface area contributed by atoms with Crippen LogP contribution in [-0.4, -0.2) is 27.2 Å². The van der Waals surface area contributed by atoms with Crippen molar-refractivity contribution in [1.29, 1.82) is 0 Å². The maximum atomic E-state index is 11.9. The molecule has 0 radical (unpaired) electrons. The Morgan fingerprint density at radius 3 is 3.09 bits per heavy atom. The van der Waals surface area contributed by atoms with Gasteiger partial charge in [0.1, 0.15) is 5.69 Å². The van der Waals surface area contributed by atoms with Crippen LogP contribution in [0.3, 0.4) is 0 Å². The molecule has 0 fully saturated rings. The van der Waals surface area contributed by atoms with Crippen LogP contribution >= 0.6 is 22.9 Å². The zero-order chi connectivity index (χ0) is 15.5. The summed E-state index contributed by atoms with van der Waals surface area (Å²) in [6, 6.07) is 5.76. The lowest BCUT2D eigenvalue weighted by atomic mass is 10.2. The maximum absolute atomic E-state index is 11.9. The third-order valence-corrected chi connectivity index (χ3v) is 4.42. The van der Waals surface area contributed by atoms with E-state index in [1.807, 2.05) is 29.8 Å². The molecule has 0 saturated carbocycles. The zero-order valence-electron chi connectivity index (χ0n) is 12.0. The van der Waals surface area contributed by atoms with E-state index < -0.39 is 0 Å². The second kappa shape index (κ2) is 6.46. The molecule has 0 spiro atoms. The van der Waals surface area contributed by atoms with E-state index in [-0.39, 0.29) is 5.91 Å². The lowest BCUT2D eigenvalue weighted by molar-refractivity contribution is 0.0948. The molecule has 3 aromatic rings. The zero-order valence-corrected chi connectivity index (χ0v) is 13.6. The summed E-state index contributed by atoms with van der Waals surface area (Å²) in [6.07, 6.45) is 2.56. The number of benzene rings is 1. The summed E-state index contributed by atoms with van der Waals surface area (Å²) >= 11 is 7.60. The summed E-state index contributed by atoms with van der Waals surface area (Å²) in [5.74, 6) is -0.127. The Morgan fingerprint density at radius 1 is 1.45 bits per heavy atom. The molecule has 0 saturated heterocycles. The Bertz CT molecular complexity index is 811. The highest BCUT2D eigenvalue weighted by Gasteiger charge is 2.09. The fourth-order valence-electron chi connectivity index (χ4n) is 2.24. The molecule has 1 aromatic carbocycles. The van der Waals surface area contributed by atoms with Crippen LogP contribution in [0.5, 0.6) is 0 Å². The summed E-state index contributed by atoms with van der Waals surface area (Å²) in [7, 11) is 0. The first-order valence-corrected chi connectivity index (χ1v) is 8.21. The monoisotopic (exact) mass is 334 g/mol. The molecule has 0 aliphatic heterocycles. The molecule has 1 N–H and O–H groups in total.